The van der Waals surface area contributed by atoms with E-state index in [0.717, 1.165) is 17.7 Å². The van der Waals surface area contributed by atoms with Crippen LogP contribution in [0.5, 0.6) is 0 Å². The lowest BCUT2D eigenvalue weighted by atomic mass is 10.2. The number of aromatic nitrogens is 1. The molecule has 7 heteroatoms. The van der Waals surface area contributed by atoms with E-state index < -0.39 is 23.2 Å². The number of amides is 1. The van der Waals surface area contributed by atoms with Crippen molar-refractivity contribution >= 4 is 34.5 Å². The SMILES string of the molecule is O=C(Cc1csc(-c2ccccc2Cl)n1)Nc1c(F)cccc1F. The van der Waals surface area contributed by atoms with Gasteiger partial charge in [0.2, 0.25) is 5.91 Å². The van der Waals surface area contributed by atoms with Crippen LogP contribution in [0.1, 0.15) is 5.69 Å². The number of nitrogens with one attached hydrogen (secondary N) is 1. The highest BCUT2D eigenvalue weighted by Gasteiger charge is 2.14. The fourth-order valence-electron chi connectivity index (χ4n) is 2.11. The van der Waals surface area contributed by atoms with Gasteiger partial charge in [0.25, 0.3) is 0 Å². The molecule has 3 nitrogen and oxygen atoms in total. The van der Waals surface area contributed by atoms with Crippen molar-refractivity contribution < 1.29 is 13.6 Å². The van der Waals surface area contributed by atoms with E-state index in [1.165, 1.54) is 17.4 Å². The molecular weight excluding hydrogens is 354 g/mol. The van der Waals surface area contributed by atoms with Gasteiger partial charge < -0.3 is 5.32 Å². The summed E-state index contributed by atoms with van der Waals surface area (Å²) < 4.78 is 27.1. The predicted molar refractivity (Wildman–Crippen MR) is 91.3 cm³/mol. The Morgan fingerprint density at radius 2 is 1.83 bits per heavy atom. The van der Waals surface area contributed by atoms with E-state index >= 15 is 0 Å². The summed E-state index contributed by atoms with van der Waals surface area (Å²) in [5, 5.41) is 5.20. The fourth-order valence-corrected chi connectivity index (χ4v) is 3.25. The number of carbonyl (C=O) groups is 1. The Kier molecular flexibility index (Phi) is 4.87. The number of hydrogen-bond acceptors (Lipinski definition) is 3. The lowest BCUT2D eigenvalue weighted by Gasteiger charge is -2.06. The standard InChI is InChI=1S/C17H11ClF2N2OS/c18-12-5-2-1-4-11(12)17-21-10(9-24-17)8-15(23)22-16-13(19)6-3-7-14(16)20/h1-7,9H,8H2,(H,22,23). The zero-order valence-corrected chi connectivity index (χ0v) is 13.8. The molecule has 0 fully saturated rings. The van der Waals surface area contributed by atoms with E-state index in [0.29, 0.717) is 15.7 Å². The van der Waals surface area contributed by atoms with Gasteiger partial charge in [0.1, 0.15) is 22.3 Å². The Balaban J connectivity index is 1.73. The average molecular weight is 365 g/mol. The van der Waals surface area contributed by atoms with Gasteiger partial charge in [-0.25, -0.2) is 13.8 Å². The summed E-state index contributed by atoms with van der Waals surface area (Å²) in [6.07, 6.45) is -0.0886. The molecule has 0 aliphatic carbocycles. The number of thiazole rings is 1. The number of hydrogen-bond donors (Lipinski definition) is 1. The van der Waals surface area contributed by atoms with Gasteiger partial charge in [0.05, 0.1) is 17.1 Å². The topological polar surface area (TPSA) is 42.0 Å². The van der Waals surface area contributed by atoms with Crippen LogP contribution in [0.4, 0.5) is 14.5 Å². The Bertz CT molecular complexity index is 878. The summed E-state index contributed by atoms with van der Waals surface area (Å²) in [5.74, 6) is -2.19. The molecule has 1 amide bonds. The van der Waals surface area contributed by atoms with Crippen LogP contribution in [-0.2, 0) is 11.2 Å². The Labute approximate surface area is 145 Å². The fraction of sp³-hybridized carbons (Fsp3) is 0.0588. The first-order chi connectivity index (χ1) is 11.5. The van der Waals surface area contributed by atoms with Crippen LogP contribution in [0.15, 0.2) is 47.8 Å². The van der Waals surface area contributed by atoms with Gasteiger partial charge in [-0.1, -0.05) is 35.9 Å². The second kappa shape index (κ2) is 7.07. The predicted octanol–water partition coefficient (Wildman–Crippen LogP) is 4.92. The van der Waals surface area contributed by atoms with Gasteiger partial charge in [-0.15, -0.1) is 11.3 Å². The molecular formula is C17H11ClF2N2OS. The maximum atomic E-state index is 13.5. The maximum Gasteiger partial charge on any atom is 0.230 e. The summed E-state index contributed by atoms with van der Waals surface area (Å²) in [4.78, 5) is 16.3. The zero-order valence-electron chi connectivity index (χ0n) is 12.2. The van der Waals surface area contributed by atoms with E-state index in [1.807, 2.05) is 18.2 Å². The van der Waals surface area contributed by atoms with E-state index in [-0.39, 0.29) is 6.42 Å². The van der Waals surface area contributed by atoms with Crippen LogP contribution in [0, 0.1) is 11.6 Å². The molecule has 0 radical (unpaired) electrons. The molecule has 0 bridgehead atoms. The quantitative estimate of drug-likeness (QED) is 0.713. The number of benzene rings is 2. The van der Waals surface area contributed by atoms with Crippen molar-refractivity contribution in [2.75, 3.05) is 5.32 Å². The lowest BCUT2D eigenvalue weighted by molar-refractivity contribution is -0.115. The molecule has 0 atom stereocenters. The molecule has 0 spiro atoms. The van der Waals surface area contributed by atoms with Gasteiger partial charge in [-0.2, -0.15) is 0 Å². The largest absolute Gasteiger partial charge is 0.321 e. The number of anilines is 1. The van der Waals surface area contributed by atoms with Crippen molar-refractivity contribution in [3.05, 3.63) is 70.2 Å². The molecule has 0 unspecified atom stereocenters. The van der Waals surface area contributed by atoms with Crippen molar-refractivity contribution in [1.82, 2.24) is 4.98 Å². The number of halogens is 3. The van der Waals surface area contributed by atoms with Crippen LogP contribution < -0.4 is 5.32 Å². The molecule has 1 aromatic heterocycles. The van der Waals surface area contributed by atoms with E-state index in [1.54, 1.807) is 11.4 Å². The van der Waals surface area contributed by atoms with Crippen LogP contribution in [0.25, 0.3) is 10.6 Å². The summed E-state index contributed by atoms with van der Waals surface area (Å²) in [5.41, 5.74) is 0.823. The third-order valence-corrected chi connectivity index (χ3v) is 4.48. The van der Waals surface area contributed by atoms with Crippen molar-refractivity contribution in [3.63, 3.8) is 0 Å². The summed E-state index contributed by atoms with van der Waals surface area (Å²) in [6, 6.07) is 10.6. The van der Waals surface area contributed by atoms with Gasteiger partial charge in [-0.3, -0.25) is 4.79 Å². The second-order valence-electron chi connectivity index (χ2n) is 4.95. The molecule has 24 heavy (non-hydrogen) atoms. The molecule has 0 saturated heterocycles. The van der Waals surface area contributed by atoms with E-state index in [9.17, 15) is 13.6 Å². The molecule has 1 N–H and O–H groups in total. The molecule has 0 aliphatic heterocycles. The smallest absolute Gasteiger partial charge is 0.230 e. The van der Waals surface area contributed by atoms with Gasteiger partial charge in [-0.05, 0) is 18.2 Å². The lowest BCUT2D eigenvalue weighted by Crippen LogP contribution is -2.16. The molecule has 122 valence electrons. The number of nitrogens with zero attached hydrogens (tertiary/aromatic N) is 1. The van der Waals surface area contributed by atoms with E-state index in [2.05, 4.69) is 10.3 Å². The Hall–Kier alpha value is -2.31. The third-order valence-electron chi connectivity index (χ3n) is 3.22. The molecule has 3 aromatic rings. The highest BCUT2D eigenvalue weighted by molar-refractivity contribution is 7.13. The van der Waals surface area contributed by atoms with Gasteiger partial charge >= 0.3 is 0 Å². The molecule has 0 saturated carbocycles. The first-order valence-corrected chi connectivity index (χ1v) is 8.23. The maximum absolute atomic E-state index is 13.5. The molecule has 0 aliphatic rings. The number of para-hydroxylation sites is 1. The Morgan fingerprint density at radius 3 is 2.54 bits per heavy atom. The van der Waals surface area contributed by atoms with Crippen LogP contribution in [-0.4, -0.2) is 10.9 Å². The molecule has 2 aromatic carbocycles. The van der Waals surface area contributed by atoms with Crippen molar-refractivity contribution in [1.29, 1.82) is 0 Å². The summed E-state index contributed by atoms with van der Waals surface area (Å²) >= 11 is 7.47. The van der Waals surface area contributed by atoms with Gasteiger partial charge in [0.15, 0.2) is 0 Å². The minimum absolute atomic E-state index is 0.0886. The van der Waals surface area contributed by atoms with Crippen LogP contribution >= 0.6 is 22.9 Å². The summed E-state index contributed by atoms with van der Waals surface area (Å²) in [6.45, 7) is 0. The van der Waals surface area contributed by atoms with Gasteiger partial charge in [0, 0.05) is 10.9 Å². The highest BCUT2D eigenvalue weighted by atomic mass is 35.5. The first-order valence-electron chi connectivity index (χ1n) is 6.98. The minimum Gasteiger partial charge on any atom is -0.321 e. The van der Waals surface area contributed by atoms with Crippen molar-refractivity contribution in [2.24, 2.45) is 0 Å². The monoisotopic (exact) mass is 364 g/mol. The van der Waals surface area contributed by atoms with Crippen LogP contribution in [0.2, 0.25) is 5.02 Å². The highest BCUT2D eigenvalue weighted by Crippen LogP contribution is 2.30. The summed E-state index contributed by atoms with van der Waals surface area (Å²) in [7, 11) is 0. The van der Waals surface area contributed by atoms with E-state index in [4.69, 9.17) is 11.6 Å². The molecule has 3 rings (SSSR count). The average Bonchev–Trinajstić information content (AvgIpc) is 3.00. The van der Waals surface area contributed by atoms with Crippen LogP contribution in [0.3, 0.4) is 0 Å². The number of rotatable bonds is 4. The zero-order chi connectivity index (χ0) is 17.1. The third kappa shape index (κ3) is 3.60. The molecule has 1 heterocycles. The van der Waals surface area contributed by atoms with Crippen molar-refractivity contribution in [2.45, 2.75) is 6.42 Å². The number of carbonyl (C=O) groups excluding carboxylic acids is 1. The first kappa shape index (κ1) is 16.5. The second-order valence-corrected chi connectivity index (χ2v) is 6.21. The Morgan fingerprint density at radius 1 is 1.12 bits per heavy atom. The van der Waals surface area contributed by atoms with Crippen molar-refractivity contribution in [3.8, 4) is 10.6 Å². The normalized spacial score (nSPS) is 10.6. The minimum atomic E-state index is -0.821.